The van der Waals surface area contributed by atoms with E-state index in [1.807, 2.05) is 4.68 Å². The van der Waals surface area contributed by atoms with Gasteiger partial charge in [-0.05, 0) is 76.0 Å². The molecule has 0 unspecified atom stereocenters. The van der Waals surface area contributed by atoms with Gasteiger partial charge in [-0.2, -0.15) is 5.10 Å². The fourth-order valence-corrected chi connectivity index (χ4v) is 4.36. The van der Waals surface area contributed by atoms with E-state index in [4.69, 9.17) is 5.10 Å². The van der Waals surface area contributed by atoms with Crippen LogP contribution in [0.25, 0.3) is 5.69 Å². The van der Waals surface area contributed by atoms with E-state index >= 15 is 0 Å². The highest BCUT2D eigenvalue weighted by molar-refractivity contribution is 5.55. The first-order valence-corrected chi connectivity index (χ1v) is 10.4. The molecule has 4 rings (SSSR count). The molecular formula is C21H27F3N4O. The predicted octanol–water partition coefficient (Wildman–Crippen LogP) is 4.72. The largest absolute Gasteiger partial charge is 0.573 e. The van der Waals surface area contributed by atoms with E-state index in [0.29, 0.717) is 5.92 Å². The molecule has 0 aliphatic carbocycles. The zero-order valence-electron chi connectivity index (χ0n) is 16.6. The number of rotatable bonds is 4. The Balaban J connectivity index is 1.64. The van der Waals surface area contributed by atoms with Gasteiger partial charge in [0.15, 0.2) is 0 Å². The molecule has 5 nitrogen and oxygen atoms in total. The maximum Gasteiger partial charge on any atom is 0.573 e. The van der Waals surface area contributed by atoms with Gasteiger partial charge in [-0.15, -0.1) is 13.2 Å². The Morgan fingerprint density at radius 3 is 2.52 bits per heavy atom. The number of likely N-dealkylation sites (tertiary alicyclic amines) is 1. The molecule has 1 fully saturated rings. The molecular weight excluding hydrogens is 381 g/mol. The number of piperidine rings is 1. The summed E-state index contributed by atoms with van der Waals surface area (Å²) in [5.74, 6) is 1.19. The van der Waals surface area contributed by atoms with Gasteiger partial charge in [0.05, 0.1) is 11.4 Å². The monoisotopic (exact) mass is 408 g/mol. The van der Waals surface area contributed by atoms with Crippen LogP contribution in [0.1, 0.15) is 49.8 Å². The smallest absolute Gasteiger partial charge is 0.406 e. The van der Waals surface area contributed by atoms with Gasteiger partial charge in [0.1, 0.15) is 11.6 Å². The molecule has 2 aliphatic rings. The summed E-state index contributed by atoms with van der Waals surface area (Å²) in [5, 5.41) is 8.46. The van der Waals surface area contributed by atoms with Crippen LogP contribution in [0, 0.1) is 0 Å². The quantitative estimate of drug-likeness (QED) is 0.795. The number of halogens is 3. The lowest BCUT2D eigenvalue weighted by Gasteiger charge is -2.30. The van der Waals surface area contributed by atoms with Crippen molar-refractivity contribution in [2.24, 2.45) is 0 Å². The van der Waals surface area contributed by atoms with Gasteiger partial charge in [-0.1, -0.05) is 6.92 Å². The third-order valence-corrected chi connectivity index (χ3v) is 5.90. The van der Waals surface area contributed by atoms with E-state index in [1.165, 1.54) is 17.7 Å². The summed E-state index contributed by atoms with van der Waals surface area (Å²) in [4.78, 5) is 2.46. The van der Waals surface area contributed by atoms with E-state index < -0.39 is 6.36 Å². The van der Waals surface area contributed by atoms with Gasteiger partial charge in [-0.25, -0.2) is 4.68 Å². The highest BCUT2D eigenvalue weighted by Crippen LogP contribution is 2.36. The van der Waals surface area contributed by atoms with E-state index in [2.05, 4.69) is 21.9 Å². The van der Waals surface area contributed by atoms with E-state index in [9.17, 15) is 13.2 Å². The Morgan fingerprint density at radius 1 is 1.14 bits per heavy atom. The minimum absolute atomic E-state index is 0.223. The highest BCUT2D eigenvalue weighted by atomic mass is 19.4. The Labute approximate surface area is 168 Å². The lowest BCUT2D eigenvalue weighted by atomic mass is 9.90. The second-order valence-electron chi connectivity index (χ2n) is 7.76. The second-order valence-corrected chi connectivity index (χ2v) is 7.76. The average Bonchev–Trinajstić information content (AvgIpc) is 2.89. The fraction of sp³-hybridized carbons (Fsp3) is 0.571. The molecule has 158 valence electrons. The second kappa shape index (κ2) is 8.26. The van der Waals surface area contributed by atoms with Crippen LogP contribution in [0.15, 0.2) is 24.3 Å². The van der Waals surface area contributed by atoms with Crippen LogP contribution in [0.2, 0.25) is 0 Å². The zero-order chi connectivity index (χ0) is 20.4. The minimum Gasteiger partial charge on any atom is -0.406 e. The van der Waals surface area contributed by atoms with Crippen LogP contribution in [0.4, 0.5) is 19.0 Å². The van der Waals surface area contributed by atoms with Gasteiger partial charge in [0, 0.05) is 18.0 Å². The molecule has 29 heavy (non-hydrogen) atoms. The number of alkyl halides is 3. The molecule has 0 atom stereocenters. The molecule has 2 aromatic rings. The maximum absolute atomic E-state index is 12.4. The van der Waals surface area contributed by atoms with Crippen molar-refractivity contribution in [3.05, 3.63) is 35.5 Å². The van der Waals surface area contributed by atoms with Crippen LogP contribution in [-0.2, 0) is 6.42 Å². The first-order chi connectivity index (χ1) is 13.9. The molecule has 2 aliphatic heterocycles. The molecule has 1 aromatic heterocycles. The van der Waals surface area contributed by atoms with Gasteiger partial charge in [0.25, 0.3) is 0 Å². The minimum atomic E-state index is -4.69. The number of aromatic nitrogens is 2. The van der Waals surface area contributed by atoms with Crippen molar-refractivity contribution in [3.8, 4) is 11.4 Å². The molecule has 0 bridgehead atoms. The zero-order valence-corrected chi connectivity index (χ0v) is 16.6. The molecule has 8 heteroatoms. The maximum atomic E-state index is 12.4. The fourth-order valence-electron chi connectivity index (χ4n) is 4.36. The van der Waals surface area contributed by atoms with Crippen LogP contribution in [-0.4, -0.2) is 47.2 Å². The van der Waals surface area contributed by atoms with E-state index in [0.717, 1.165) is 75.5 Å². The van der Waals surface area contributed by atoms with Crippen molar-refractivity contribution in [1.29, 1.82) is 0 Å². The van der Waals surface area contributed by atoms with Crippen LogP contribution >= 0.6 is 0 Å². The van der Waals surface area contributed by atoms with Crippen molar-refractivity contribution in [3.63, 3.8) is 0 Å². The lowest BCUT2D eigenvalue weighted by Crippen LogP contribution is -2.33. The number of nitrogens with zero attached hydrogens (tertiary/aromatic N) is 3. The van der Waals surface area contributed by atoms with Gasteiger partial charge in [0.2, 0.25) is 0 Å². The normalized spacial score (nSPS) is 18.8. The third-order valence-electron chi connectivity index (χ3n) is 5.90. The highest BCUT2D eigenvalue weighted by Gasteiger charge is 2.31. The van der Waals surface area contributed by atoms with Crippen LogP contribution < -0.4 is 10.1 Å². The van der Waals surface area contributed by atoms with Gasteiger partial charge in [-0.3, -0.25) is 0 Å². The number of hydrogen-bond donors (Lipinski definition) is 1. The first-order valence-electron chi connectivity index (χ1n) is 10.4. The molecule has 0 saturated carbocycles. The summed E-state index contributed by atoms with van der Waals surface area (Å²) in [6, 6.07) is 5.94. The molecule has 0 spiro atoms. The van der Waals surface area contributed by atoms with E-state index in [1.54, 1.807) is 12.1 Å². The Kier molecular flexibility index (Phi) is 5.72. The summed E-state index contributed by atoms with van der Waals surface area (Å²) in [6.45, 7) is 6.31. The third kappa shape index (κ3) is 4.52. The molecule has 1 saturated heterocycles. The number of ether oxygens (including phenoxy) is 1. The first kappa shape index (κ1) is 20.1. The number of benzene rings is 1. The molecule has 1 N–H and O–H groups in total. The SMILES string of the molecule is CCN1CCC(c2nn(-c3ccc(OC(F)(F)F)cc3)c3c2CCCCN3)CC1. The van der Waals surface area contributed by atoms with Crippen molar-refractivity contribution in [2.75, 3.05) is 31.5 Å². The standard InChI is InChI=1S/C21H27F3N4O/c1-2-27-13-10-15(11-14-27)19-18-5-3-4-12-25-20(18)28(26-19)16-6-8-17(9-7-16)29-21(22,23)24/h6-9,15,25H,2-5,10-14H2,1H3. The lowest BCUT2D eigenvalue weighted by molar-refractivity contribution is -0.274. The topological polar surface area (TPSA) is 42.3 Å². The molecule has 0 radical (unpaired) electrons. The Morgan fingerprint density at radius 2 is 1.86 bits per heavy atom. The predicted molar refractivity (Wildman–Crippen MR) is 106 cm³/mol. The van der Waals surface area contributed by atoms with Gasteiger partial charge < -0.3 is 15.0 Å². The summed E-state index contributed by atoms with van der Waals surface area (Å²) < 4.78 is 43.2. The van der Waals surface area contributed by atoms with Gasteiger partial charge >= 0.3 is 6.36 Å². The van der Waals surface area contributed by atoms with Crippen molar-refractivity contribution in [1.82, 2.24) is 14.7 Å². The summed E-state index contributed by atoms with van der Waals surface area (Å²) >= 11 is 0. The van der Waals surface area contributed by atoms with Crippen molar-refractivity contribution in [2.45, 2.75) is 51.3 Å². The number of fused-ring (bicyclic) bond motifs is 1. The summed E-state index contributed by atoms with van der Waals surface area (Å²) in [5.41, 5.74) is 3.16. The number of anilines is 1. The summed E-state index contributed by atoms with van der Waals surface area (Å²) in [6.07, 6.45) is 0.699. The molecule has 3 heterocycles. The molecule has 1 aromatic carbocycles. The average molecular weight is 408 g/mol. The number of hydrogen-bond acceptors (Lipinski definition) is 4. The Bertz CT molecular complexity index is 824. The van der Waals surface area contributed by atoms with Crippen molar-refractivity contribution < 1.29 is 17.9 Å². The molecule has 0 amide bonds. The van der Waals surface area contributed by atoms with Crippen molar-refractivity contribution >= 4 is 5.82 Å². The van der Waals surface area contributed by atoms with Crippen LogP contribution in [0.5, 0.6) is 5.75 Å². The number of nitrogens with one attached hydrogen (secondary N) is 1. The Hall–Kier alpha value is -2.22. The van der Waals surface area contributed by atoms with Crippen LogP contribution in [0.3, 0.4) is 0 Å². The van der Waals surface area contributed by atoms with E-state index in [-0.39, 0.29) is 5.75 Å². The summed E-state index contributed by atoms with van der Waals surface area (Å²) in [7, 11) is 0.